The van der Waals surface area contributed by atoms with E-state index < -0.39 is 0 Å². The third kappa shape index (κ3) is 1.93. The van der Waals surface area contributed by atoms with Crippen LogP contribution in [0.4, 0.5) is 0 Å². The molecule has 1 saturated heterocycles. The third-order valence-electron chi connectivity index (χ3n) is 9.83. The summed E-state index contributed by atoms with van der Waals surface area (Å²) in [6.45, 7) is 2.58. The molecule has 5 aliphatic carbocycles. The van der Waals surface area contributed by atoms with E-state index in [0.717, 1.165) is 25.7 Å². The van der Waals surface area contributed by atoms with E-state index in [1.807, 2.05) is 6.08 Å². The average Bonchev–Trinajstić information content (AvgIpc) is 3.29. The fraction of sp³-hybridized carbons (Fsp3) is 0.826. The molecule has 4 saturated carbocycles. The Bertz CT molecular complexity index is 755. The summed E-state index contributed by atoms with van der Waals surface area (Å²) in [5.74, 6) is 4.09. The summed E-state index contributed by atoms with van der Waals surface area (Å²) < 4.78 is 6.15. The van der Waals surface area contributed by atoms with Gasteiger partial charge in [-0.2, -0.15) is 0 Å². The van der Waals surface area contributed by atoms with Crippen molar-refractivity contribution >= 4 is 11.8 Å². The number of rotatable bonds is 1. The molecule has 6 rings (SSSR count). The Kier molecular flexibility index (Phi) is 3.26. The van der Waals surface area contributed by atoms with Gasteiger partial charge in [-0.25, -0.2) is 0 Å². The minimum Gasteiger partial charge on any atom is -0.458 e. The van der Waals surface area contributed by atoms with Crippen LogP contribution in [0.5, 0.6) is 0 Å². The van der Waals surface area contributed by atoms with Crippen LogP contribution >= 0.6 is 0 Å². The molecule has 9 atom stereocenters. The number of aliphatic hydroxyl groups is 1. The normalized spacial score (nSPS) is 55.3. The first kappa shape index (κ1) is 16.8. The zero-order valence-corrected chi connectivity index (χ0v) is 16.2. The van der Waals surface area contributed by atoms with Crippen molar-refractivity contribution in [2.24, 2.45) is 46.8 Å². The molecule has 0 radical (unpaired) electrons. The lowest BCUT2D eigenvalue weighted by molar-refractivity contribution is -0.175. The molecule has 4 heteroatoms. The van der Waals surface area contributed by atoms with Crippen molar-refractivity contribution in [3.05, 3.63) is 11.6 Å². The van der Waals surface area contributed by atoms with Gasteiger partial charge in [-0.05, 0) is 74.2 Å². The topological polar surface area (TPSA) is 63.6 Å². The van der Waals surface area contributed by atoms with Gasteiger partial charge < -0.3 is 9.84 Å². The maximum absolute atomic E-state index is 12.1. The number of ether oxygens (including phenoxy) is 1. The van der Waals surface area contributed by atoms with Gasteiger partial charge in [-0.15, -0.1) is 0 Å². The molecule has 5 fully saturated rings. The Morgan fingerprint density at radius 1 is 1.11 bits per heavy atom. The van der Waals surface area contributed by atoms with Gasteiger partial charge in [0.25, 0.3) is 0 Å². The average molecular weight is 370 g/mol. The highest BCUT2D eigenvalue weighted by atomic mass is 16.6. The van der Waals surface area contributed by atoms with E-state index >= 15 is 0 Å². The zero-order valence-electron chi connectivity index (χ0n) is 16.2. The lowest BCUT2D eigenvalue weighted by atomic mass is 9.47. The first-order valence-electron chi connectivity index (χ1n) is 11.1. The van der Waals surface area contributed by atoms with Crippen LogP contribution in [0.15, 0.2) is 11.6 Å². The van der Waals surface area contributed by atoms with Crippen LogP contribution in [-0.4, -0.2) is 29.1 Å². The van der Waals surface area contributed by atoms with Crippen LogP contribution in [0.1, 0.15) is 58.3 Å². The van der Waals surface area contributed by atoms with Crippen LogP contribution in [0.3, 0.4) is 0 Å². The van der Waals surface area contributed by atoms with Crippen molar-refractivity contribution < 1.29 is 19.4 Å². The van der Waals surface area contributed by atoms with E-state index in [4.69, 9.17) is 4.74 Å². The monoisotopic (exact) mass is 370 g/mol. The summed E-state index contributed by atoms with van der Waals surface area (Å²) in [7, 11) is 0. The van der Waals surface area contributed by atoms with E-state index in [-0.39, 0.29) is 35.3 Å². The maximum atomic E-state index is 12.1. The smallest absolute Gasteiger partial charge is 0.306 e. The number of aliphatic hydroxyl groups excluding tert-OH is 1. The second kappa shape index (κ2) is 5.25. The quantitative estimate of drug-likeness (QED) is 0.720. The highest BCUT2D eigenvalue weighted by Crippen LogP contribution is 2.78. The summed E-state index contributed by atoms with van der Waals surface area (Å²) in [6.07, 6.45) is 9.63. The summed E-state index contributed by atoms with van der Waals surface area (Å²) in [4.78, 5) is 24.1. The Morgan fingerprint density at radius 2 is 1.96 bits per heavy atom. The molecule has 146 valence electrons. The molecule has 1 N–H and O–H groups in total. The van der Waals surface area contributed by atoms with Crippen molar-refractivity contribution in [3.63, 3.8) is 0 Å². The molecule has 0 aromatic heterocycles. The number of esters is 1. The number of carbonyl (C=O) groups is 2. The minimum atomic E-state index is -0.197. The largest absolute Gasteiger partial charge is 0.458 e. The summed E-state index contributed by atoms with van der Waals surface area (Å²) in [5.41, 5.74) is 1.17. The Hall–Kier alpha value is -1.16. The SMILES string of the molecule is C[C@]12CCC3C(C[C@@H](CO)C4=CC(=O)CC[C@@H]43)C1[C@H]1C[C@H]1[C@@]21CCC(=O)O1. The van der Waals surface area contributed by atoms with E-state index in [2.05, 4.69) is 6.92 Å². The maximum Gasteiger partial charge on any atom is 0.306 e. The molecule has 6 aliphatic rings. The zero-order chi connectivity index (χ0) is 18.6. The van der Waals surface area contributed by atoms with Gasteiger partial charge in [0.05, 0.1) is 0 Å². The predicted molar refractivity (Wildman–Crippen MR) is 98.5 cm³/mol. The van der Waals surface area contributed by atoms with Gasteiger partial charge in [-0.1, -0.05) is 12.5 Å². The summed E-state index contributed by atoms with van der Waals surface area (Å²) in [5, 5.41) is 10.1. The van der Waals surface area contributed by atoms with Crippen LogP contribution < -0.4 is 0 Å². The highest BCUT2D eigenvalue weighted by molar-refractivity contribution is 5.91. The fourth-order valence-electron chi connectivity index (χ4n) is 8.87. The van der Waals surface area contributed by atoms with E-state index in [9.17, 15) is 14.7 Å². The number of carbonyl (C=O) groups excluding carboxylic acids is 2. The molecular weight excluding hydrogens is 340 g/mol. The van der Waals surface area contributed by atoms with E-state index in [1.54, 1.807) is 0 Å². The molecule has 0 bridgehead atoms. The molecule has 0 amide bonds. The Balaban J connectivity index is 1.39. The first-order valence-corrected chi connectivity index (χ1v) is 11.1. The number of hydrogen-bond donors (Lipinski definition) is 1. The Labute approximate surface area is 160 Å². The highest BCUT2D eigenvalue weighted by Gasteiger charge is 2.78. The lowest BCUT2D eigenvalue weighted by Crippen LogP contribution is -2.56. The number of hydrogen-bond acceptors (Lipinski definition) is 4. The Morgan fingerprint density at radius 3 is 2.70 bits per heavy atom. The molecule has 1 spiro atoms. The minimum absolute atomic E-state index is 0.0116. The second-order valence-electron chi connectivity index (χ2n) is 10.6. The first-order chi connectivity index (χ1) is 13.0. The number of fused-ring (bicyclic) bond motifs is 9. The van der Waals surface area contributed by atoms with Crippen LogP contribution in [0, 0.1) is 46.8 Å². The molecule has 4 nitrogen and oxygen atoms in total. The molecule has 1 aliphatic heterocycles. The van der Waals surface area contributed by atoms with Crippen molar-refractivity contribution in [1.29, 1.82) is 0 Å². The summed E-state index contributed by atoms with van der Waals surface area (Å²) >= 11 is 0. The number of ketones is 1. The van der Waals surface area contributed by atoms with Gasteiger partial charge in [0, 0.05) is 36.7 Å². The van der Waals surface area contributed by atoms with Crippen LogP contribution in [-0.2, 0) is 14.3 Å². The van der Waals surface area contributed by atoms with E-state index in [0.29, 0.717) is 48.3 Å². The van der Waals surface area contributed by atoms with Gasteiger partial charge in [0.15, 0.2) is 5.78 Å². The molecule has 0 aromatic rings. The second-order valence-corrected chi connectivity index (χ2v) is 10.6. The van der Waals surface area contributed by atoms with Crippen LogP contribution in [0.2, 0.25) is 0 Å². The van der Waals surface area contributed by atoms with Gasteiger partial charge in [0.2, 0.25) is 0 Å². The predicted octanol–water partition coefficient (Wildman–Crippen LogP) is 3.28. The third-order valence-corrected chi connectivity index (χ3v) is 9.83. The van der Waals surface area contributed by atoms with Gasteiger partial charge in [-0.3, -0.25) is 9.59 Å². The fourth-order valence-corrected chi connectivity index (χ4v) is 8.87. The van der Waals surface area contributed by atoms with Crippen molar-refractivity contribution in [1.82, 2.24) is 0 Å². The summed E-state index contributed by atoms with van der Waals surface area (Å²) in [6, 6.07) is 0. The van der Waals surface area contributed by atoms with Crippen molar-refractivity contribution in [2.75, 3.05) is 6.61 Å². The lowest BCUT2D eigenvalue weighted by Gasteiger charge is -2.58. The standard InChI is InChI=1S/C23H30O4/c1-22-6-4-15-14-3-2-13(25)9-16(14)12(11-24)8-17(15)21(22)18-10-19(18)23(22)7-5-20(26)27-23/h9,12,14-15,17-19,21,24H,2-8,10-11H2,1H3/t12-,14+,15?,17?,18-,19+,21?,22-,23-/m0/s1. The molecule has 27 heavy (non-hydrogen) atoms. The van der Waals surface area contributed by atoms with Crippen molar-refractivity contribution in [3.8, 4) is 0 Å². The molecule has 1 heterocycles. The van der Waals surface area contributed by atoms with Gasteiger partial charge >= 0.3 is 5.97 Å². The van der Waals surface area contributed by atoms with Crippen LogP contribution in [0.25, 0.3) is 0 Å². The molecular formula is C23H30O4. The van der Waals surface area contributed by atoms with Crippen molar-refractivity contribution in [2.45, 2.75) is 63.9 Å². The molecule has 3 unspecified atom stereocenters. The van der Waals surface area contributed by atoms with Gasteiger partial charge in [0.1, 0.15) is 5.60 Å². The molecule has 0 aromatic carbocycles. The van der Waals surface area contributed by atoms with E-state index in [1.165, 1.54) is 18.4 Å².